The summed E-state index contributed by atoms with van der Waals surface area (Å²) in [4.78, 5) is 19.4. The second-order valence-corrected chi connectivity index (χ2v) is 7.05. The molecule has 0 radical (unpaired) electrons. The van der Waals surface area contributed by atoms with Crippen LogP contribution in [-0.2, 0) is 11.3 Å². The van der Waals surface area contributed by atoms with Gasteiger partial charge in [0.05, 0.1) is 16.8 Å². The summed E-state index contributed by atoms with van der Waals surface area (Å²) in [6.07, 6.45) is 0. The molecule has 0 spiro atoms. The molecule has 1 heterocycles. The first-order valence-electron chi connectivity index (χ1n) is 8.57. The monoisotopic (exact) mass is 353 g/mol. The Morgan fingerprint density at radius 1 is 1.12 bits per heavy atom. The Hall–Kier alpha value is -2.27. The molecule has 5 heteroatoms. The first-order chi connectivity index (χ1) is 12.1. The van der Waals surface area contributed by atoms with Crippen LogP contribution in [0.4, 0.5) is 5.69 Å². The van der Waals surface area contributed by atoms with Gasteiger partial charge in [-0.2, -0.15) is 0 Å². The summed E-state index contributed by atoms with van der Waals surface area (Å²) in [5.41, 5.74) is 3.03. The maximum Gasteiger partial charge on any atom is 0.237 e. The molecule has 0 aliphatic rings. The lowest BCUT2D eigenvalue weighted by atomic mass is 10.2. The maximum atomic E-state index is 12.8. The van der Waals surface area contributed by atoms with Crippen molar-refractivity contribution in [2.45, 2.75) is 38.5 Å². The van der Waals surface area contributed by atoms with Crippen LogP contribution in [0, 0.1) is 0 Å². The molecule has 25 heavy (non-hydrogen) atoms. The van der Waals surface area contributed by atoms with Crippen molar-refractivity contribution in [2.75, 3.05) is 10.7 Å². The average Bonchev–Trinajstić information content (AvgIpc) is 2.98. The molecular formula is C20H23N3OS. The number of imidazole rings is 1. The van der Waals surface area contributed by atoms with Crippen LogP contribution in [0.1, 0.15) is 20.8 Å². The molecule has 4 nitrogen and oxygen atoms in total. The van der Waals surface area contributed by atoms with Gasteiger partial charge in [-0.15, -0.1) is 0 Å². The minimum Gasteiger partial charge on any atom is -0.319 e. The Morgan fingerprint density at radius 2 is 1.80 bits per heavy atom. The Balaban J connectivity index is 1.79. The van der Waals surface area contributed by atoms with Crippen molar-refractivity contribution in [3.63, 3.8) is 0 Å². The van der Waals surface area contributed by atoms with Gasteiger partial charge in [-0.1, -0.05) is 42.1 Å². The van der Waals surface area contributed by atoms with Crippen molar-refractivity contribution in [1.82, 2.24) is 9.55 Å². The predicted molar refractivity (Wildman–Crippen MR) is 105 cm³/mol. The summed E-state index contributed by atoms with van der Waals surface area (Å²) in [5.74, 6) is 0.469. The smallest absolute Gasteiger partial charge is 0.237 e. The van der Waals surface area contributed by atoms with Crippen molar-refractivity contribution in [3.05, 3.63) is 54.6 Å². The van der Waals surface area contributed by atoms with Gasteiger partial charge in [-0.25, -0.2) is 4.98 Å². The first-order valence-corrected chi connectivity index (χ1v) is 9.55. The van der Waals surface area contributed by atoms with E-state index in [0.29, 0.717) is 5.75 Å². The van der Waals surface area contributed by atoms with Crippen molar-refractivity contribution in [1.29, 1.82) is 0 Å². The van der Waals surface area contributed by atoms with Gasteiger partial charge in [0.15, 0.2) is 5.16 Å². The van der Waals surface area contributed by atoms with Crippen molar-refractivity contribution < 1.29 is 4.79 Å². The van der Waals surface area contributed by atoms with Crippen molar-refractivity contribution in [2.24, 2.45) is 0 Å². The number of nitrogens with zero attached hydrogens (tertiary/aromatic N) is 3. The highest BCUT2D eigenvalue weighted by Gasteiger charge is 2.20. The number of rotatable bonds is 6. The molecule has 1 aromatic heterocycles. The number of anilines is 1. The van der Waals surface area contributed by atoms with Crippen LogP contribution in [-0.4, -0.2) is 27.3 Å². The zero-order valence-electron chi connectivity index (χ0n) is 14.8. The van der Waals surface area contributed by atoms with Gasteiger partial charge in [0.1, 0.15) is 0 Å². The van der Waals surface area contributed by atoms with E-state index < -0.39 is 0 Å². The van der Waals surface area contributed by atoms with E-state index in [1.807, 2.05) is 67.3 Å². The van der Waals surface area contributed by atoms with Crippen LogP contribution < -0.4 is 4.90 Å². The van der Waals surface area contributed by atoms with E-state index >= 15 is 0 Å². The summed E-state index contributed by atoms with van der Waals surface area (Å²) in [7, 11) is 0. The molecule has 0 aliphatic heterocycles. The zero-order valence-corrected chi connectivity index (χ0v) is 15.7. The van der Waals surface area contributed by atoms with Crippen LogP contribution >= 0.6 is 11.8 Å². The number of para-hydroxylation sites is 3. The highest BCUT2D eigenvalue weighted by Crippen LogP contribution is 2.25. The van der Waals surface area contributed by atoms with Gasteiger partial charge in [-0.05, 0) is 45.0 Å². The van der Waals surface area contributed by atoms with Crippen molar-refractivity contribution >= 4 is 34.4 Å². The number of hydrogen-bond acceptors (Lipinski definition) is 3. The van der Waals surface area contributed by atoms with Crippen LogP contribution in [0.3, 0.4) is 0 Å². The minimum absolute atomic E-state index is 0.0981. The van der Waals surface area contributed by atoms with Gasteiger partial charge < -0.3 is 9.47 Å². The Bertz CT molecular complexity index is 858. The highest BCUT2D eigenvalue weighted by atomic mass is 32.2. The van der Waals surface area contributed by atoms with Gasteiger partial charge in [-0.3, -0.25) is 4.79 Å². The number of benzene rings is 2. The van der Waals surface area contributed by atoms with Crippen LogP contribution in [0.2, 0.25) is 0 Å². The number of hydrogen-bond donors (Lipinski definition) is 0. The van der Waals surface area contributed by atoms with E-state index in [2.05, 4.69) is 22.5 Å². The Labute approximate surface area is 152 Å². The summed E-state index contributed by atoms with van der Waals surface area (Å²) in [6, 6.07) is 18.0. The number of aryl methyl sites for hydroxylation is 1. The van der Waals surface area contributed by atoms with E-state index in [4.69, 9.17) is 0 Å². The largest absolute Gasteiger partial charge is 0.319 e. The van der Waals surface area contributed by atoms with E-state index in [1.54, 1.807) is 0 Å². The fraction of sp³-hybridized carbons (Fsp3) is 0.300. The summed E-state index contributed by atoms with van der Waals surface area (Å²) < 4.78 is 2.16. The molecule has 3 aromatic rings. The molecule has 0 N–H and O–H groups in total. The topological polar surface area (TPSA) is 38.1 Å². The second kappa shape index (κ2) is 7.74. The molecule has 0 aliphatic carbocycles. The van der Waals surface area contributed by atoms with Crippen LogP contribution in [0.5, 0.6) is 0 Å². The van der Waals surface area contributed by atoms with Crippen molar-refractivity contribution in [3.8, 4) is 0 Å². The Morgan fingerprint density at radius 3 is 2.48 bits per heavy atom. The normalized spacial score (nSPS) is 11.2. The molecule has 2 aromatic carbocycles. The molecule has 0 saturated carbocycles. The Kier molecular flexibility index (Phi) is 5.43. The number of aromatic nitrogens is 2. The molecule has 130 valence electrons. The fourth-order valence-electron chi connectivity index (χ4n) is 2.98. The summed E-state index contributed by atoms with van der Waals surface area (Å²) in [5, 5.41) is 0.897. The molecule has 0 fully saturated rings. The third-order valence-electron chi connectivity index (χ3n) is 4.08. The van der Waals surface area contributed by atoms with E-state index in [-0.39, 0.29) is 11.9 Å². The van der Waals surface area contributed by atoms with E-state index in [1.165, 1.54) is 11.8 Å². The molecule has 1 amide bonds. The third-order valence-corrected chi connectivity index (χ3v) is 5.04. The van der Waals surface area contributed by atoms with E-state index in [0.717, 1.165) is 28.4 Å². The van der Waals surface area contributed by atoms with E-state index in [9.17, 15) is 4.79 Å². The lowest BCUT2D eigenvalue weighted by Crippen LogP contribution is -2.38. The molecular weight excluding hydrogens is 330 g/mol. The average molecular weight is 353 g/mol. The van der Waals surface area contributed by atoms with Crippen LogP contribution in [0.25, 0.3) is 11.0 Å². The molecule has 0 bridgehead atoms. The predicted octanol–water partition coefficient (Wildman–Crippen LogP) is 4.59. The number of amides is 1. The first kappa shape index (κ1) is 17.5. The fourth-order valence-corrected chi connectivity index (χ4v) is 3.92. The lowest BCUT2D eigenvalue weighted by molar-refractivity contribution is -0.116. The SMILES string of the molecule is CCn1c(SCC(=O)N(c2ccccc2)C(C)C)nc2ccccc21. The lowest BCUT2D eigenvalue weighted by Gasteiger charge is -2.26. The summed E-state index contributed by atoms with van der Waals surface area (Å²) in [6.45, 7) is 7.02. The van der Waals surface area contributed by atoms with Gasteiger partial charge >= 0.3 is 0 Å². The summed E-state index contributed by atoms with van der Waals surface area (Å²) >= 11 is 1.51. The molecule has 3 rings (SSSR count). The molecule has 0 atom stereocenters. The number of fused-ring (bicyclic) bond motifs is 1. The highest BCUT2D eigenvalue weighted by molar-refractivity contribution is 7.99. The number of carbonyl (C=O) groups is 1. The standard InChI is InChI=1S/C20H23N3OS/c1-4-22-18-13-9-8-12-17(18)21-20(22)25-14-19(24)23(15(2)3)16-10-6-5-7-11-16/h5-13,15H,4,14H2,1-3H3. The number of carbonyl (C=O) groups excluding carboxylic acids is 1. The minimum atomic E-state index is 0.0981. The maximum absolute atomic E-state index is 12.8. The van der Waals surface area contributed by atoms with Gasteiger partial charge in [0.25, 0.3) is 0 Å². The molecule has 0 unspecified atom stereocenters. The second-order valence-electron chi connectivity index (χ2n) is 6.11. The van der Waals surface area contributed by atoms with Crippen LogP contribution in [0.15, 0.2) is 59.8 Å². The third kappa shape index (κ3) is 3.71. The molecule has 0 saturated heterocycles. The zero-order chi connectivity index (χ0) is 17.8. The quantitative estimate of drug-likeness (QED) is 0.608. The van der Waals surface area contributed by atoms with Gasteiger partial charge in [0, 0.05) is 18.3 Å². The van der Waals surface area contributed by atoms with Gasteiger partial charge in [0.2, 0.25) is 5.91 Å². The number of thioether (sulfide) groups is 1.